The molecule has 128 valence electrons. The van der Waals surface area contributed by atoms with Crippen LogP contribution >= 0.6 is 34.8 Å². The summed E-state index contributed by atoms with van der Waals surface area (Å²) in [5, 5.41) is 10.5. The third-order valence-corrected chi connectivity index (χ3v) is 4.67. The molecule has 0 spiro atoms. The van der Waals surface area contributed by atoms with Gasteiger partial charge in [-0.05, 0) is 49.7 Å². The Morgan fingerprint density at radius 1 is 1.08 bits per heavy atom. The number of aromatic nitrogens is 2. The molecule has 3 rings (SSSR count). The van der Waals surface area contributed by atoms with Crippen molar-refractivity contribution in [2.75, 3.05) is 5.43 Å². The van der Waals surface area contributed by atoms with Crippen LogP contribution in [0.5, 0.6) is 0 Å². The minimum absolute atomic E-state index is 0.465. The van der Waals surface area contributed by atoms with Gasteiger partial charge in [-0.15, -0.1) is 0 Å². The van der Waals surface area contributed by atoms with Gasteiger partial charge < -0.3 is 0 Å². The molecule has 0 saturated carbocycles. The maximum atomic E-state index is 6.46. The monoisotopic (exact) mass is 392 g/mol. The fourth-order valence-corrected chi connectivity index (χ4v) is 2.96. The zero-order valence-corrected chi connectivity index (χ0v) is 15.9. The largest absolute Gasteiger partial charge is 0.278 e. The molecule has 0 aliphatic heterocycles. The van der Waals surface area contributed by atoms with Crippen LogP contribution in [-0.4, -0.2) is 16.0 Å². The molecule has 0 amide bonds. The van der Waals surface area contributed by atoms with Gasteiger partial charge in [-0.3, -0.25) is 5.43 Å². The Kier molecular flexibility index (Phi) is 5.33. The summed E-state index contributed by atoms with van der Waals surface area (Å²) >= 11 is 18.6. The quantitative estimate of drug-likeness (QED) is 0.443. The Labute approximate surface area is 161 Å². The van der Waals surface area contributed by atoms with Crippen LogP contribution in [0.2, 0.25) is 15.2 Å². The first-order valence-electron chi connectivity index (χ1n) is 7.52. The van der Waals surface area contributed by atoms with Crippen molar-refractivity contribution in [1.82, 2.24) is 9.78 Å². The molecule has 1 aromatic heterocycles. The third kappa shape index (κ3) is 3.98. The van der Waals surface area contributed by atoms with E-state index in [-0.39, 0.29) is 0 Å². The number of nitrogens with zero attached hydrogens (tertiary/aromatic N) is 3. The van der Waals surface area contributed by atoms with E-state index < -0.39 is 0 Å². The van der Waals surface area contributed by atoms with Crippen molar-refractivity contribution in [3.63, 3.8) is 0 Å². The maximum absolute atomic E-state index is 6.46. The van der Waals surface area contributed by atoms with E-state index in [1.54, 1.807) is 23.0 Å². The molecule has 0 aliphatic carbocycles. The number of hydrazone groups is 1. The molecule has 0 radical (unpaired) electrons. The van der Waals surface area contributed by atoms with Crippen molar-refractivity contribution in [2.45, 2.75) is 13.8 Å². The van der Waals surface area contributed by atoms with E-state index in [9.17, 15) is 0 Å². The lowest BCUT2D eigenvalue weighted by Crippen LogP contribution is -1.96. The van der Waals surface area contributed by atoms with Gasteiger partial charge in [-0.25, -0.2) is 4.68 Å². The Hall–Kier alpha value is -2.01. The highest BCUT2D eigenvalue weighted by atomic mass is 35.5. The lowest BCUT2D eigenvalue weighted by molar-refractivity contribution is 0.863. The van der Waals surface area contributed by atoms with E-state index in [0.717, 1.165) is 28.2 Å². The van der Waals surface area contributed by atoms with Gasteiger partial charge >= 0.3 is 0 Å². The van der Waals surface area contributed by atoms with Crippen LogP contribution in [0.3, 0.4) is 0 Å². The van der Waals surface area contributed by atoms with Crippen LogP contribution in [0.4, 0.5) is 5.69 Å². The standard InChI is InChI=1S/C18H15Cl3N4/c1-11-6-7-14(9-17(11)20)23-22-10-16-12(2)24-25(18(16)21)15-5-3-4-13(19)8-15/h3-10,23H,1-2H3/b22-10-. The molecule has 3 aromatic rings. The predicted octanol–water partition coefficient (Wildman–Crippen LogP) is 5.90. The van der Waals surface area contributed by atoms with Gasteiger partial charge in [0, 0.05) is 10.0 Å². The van der Waals surface area contributed by atoms with Gasteiger partial charge in [0.25, 0.3) is 0 Å². The van der Waals surface area contributed by atoms with E-state index >= 15 is 0 Å². The van der Waals surface area contributed by atoms with Crippen LogP contribution in [0, 0.1) is 13.8 Å². The van der Waals surface area contributed by atoms with Gasteiger partial charge in [0.15, 0.2) is 0 Å². The molecule has 0 unspecified atom stereocenters. The van der Waals surface area contributed by atoms with E-state index in [0.29, 0.717) is 15.2 Å². The Morgan fingerprint density at radius 2 is 1.88 bits per heavy atom. The summed E-state index contributed by atoms with van der Waals surface area (Å²) in [7, 11) is 0. The maximum Gasteiger partial charge on any atom is 0.142 e. The van der Waals surface area contributed by atoms with Crippen molar-refractivity contribution < 1.29 is 0 Å². The van der Waals surface area contributed by atoms with Gasteiger partial charge in [0.05, 0.1) is 28.8 Å². The molecule has 7 heteroatoms. The average molecular weight is 394 g/mol. The molecule has 25 heavy (non-hydrogen) atoms. The van der Waals surface area contributed by atoms with Crippen LogP contribution in [0.15, 0.2) is 47.6 Å². The van der Waals surface area contributed by atoms with Gasteiger partial charge in [-0.2, -0.15) is 10.2 Å². The summed E-state index contributed by atoms with van der Waals surface area (Å²) in [5.41, 5.74) is 7.03. The van der Waals surface area contributed by atoms with Crippen molar-refractivity contribution in [3.8, 4) is 5.69 Å². The second-order valence-corrected chi connectivity index (χ2v) is 6.72. The number of anilines is 1. The van der Waals surface area contributed by atoms with Gasteiger partial charge in [0.2, 0.25) is 0 Å². The first kappa shape index (κ1) is 17.8. The molecule has 2 aromatic carbocycles. The Balaban J connectivity index is 1.84. The minimum Gasteiger partial charge on any atom is -0.278 e. The molecule has 0 bridgehead atoms. The predicted molar refractivity (Wildman–Crippen MR) is 106 cm³/mol. The van der Waals surface area contributed by atoms with E-state index in [1.165, 1.54) is 0 Å². The zero-order valence-electron chi connectivity index (χ0n) is 13.6. The minimum atomic E-state index is 0.465. The normalized spacial score (nSPS) is 11.2. The van der Waals surface area contributed by atoms with Gasteiger partial charge in [-0.1, -0.05) is 46.9 Å². The second kappa shape index (κ2) is 7.48. The van der Waals surface area contributed by atoms with Crippen LogP contribution in [0.1, 0.15) is 16.8 Å². The summed E-state index contributed by atoms with van der Waals surface area (Å²) in [6, 6.07) is 13.0. The fraction of sp³-hybridized carbons (Fsp3) is 0.111. The van der Waals surface area contributed by atoms with Gasteiger partial charge in [0.1, 0.15) is 5.15 Å². The first-order valence-corrected chi connectivity index (χ1v) is 8.65. The van der Waals surface area contributed by atoms with Crippen molar-refractivity contribution in [1.29, 1.82) is 0 Å². The SMILES string of the molecule is Cc1ccc(N/N=C\c2c(C)nn(-c3cccc(Cl)c3)c2Cl)cc1Cl. The number of hydrogen-bond acceptors (Lipinski definition) is 3. The lowest BCUT2D eigenvalue weighted by Gasteiger charge is -2.04. The molecule has 0 atom stereocenters. The second-order valence-electron chi connectivity index (χ2n) is 5.52. The zero-order chi connectivity index (χ0) is 18.0. The Bertz CT molecular complexity index is 947. The lowest BCUT2D eigenvalue weighted by atomic mass is 10.2. The summed E-state index contributed by atoms with van der Waals surface area (Å²) in [6.07, 6.45) is 1.64. The molecule has 0 aliphatic rings. The average Bonchev–Trinajstić information content (AvgIpc) is 2.86. The van der Waals surface area contributed by atoms with E-state index in [4.69, 9.17) is 34.8 Å². The van der Waals surface area contributed by atoms with E-state index in [2.05, 4.69) is 15.6 Å². The number of nitrogens with one attached hydrogen (secondary N) is 1. The van der Waals surface area contributed by atoms with Crippen molar-refractivity contribution in [2.24, 2.45) is 5.10 Å². The van der Waals surface area contributed by atoms with Crippen LogP contribution in [0.25, 0.3) is 5.69 Å². The highest BCUT2D eigenvalue weighted by molar-refractivity contribution is 6.33. The number of rotatable bonds is 4. The number of halogens is 3. The molecule has 4 nitrogen and oxygen atoms in total. The highest BCUT2D eigenvalue weighted by Gasteiger charge is 2.13. The summed E-state index contributed by atoms with van der Waals surface area (Å²) in [4.78, 5) is 0. The fourth-order valence-electron chi connectivity index (χ4n) is 2.27. The van der Waals surface area contributed by atoms with Crippen molar-refractivity contribution in [3.05, 3.63) is 74.5 Å². The van der Waals surface area contributed by atoms with Crippen LogP contribution < -0.4 is 5.43 Å². The topological polar surface area (TPSA) is 42.2 Å². The number of hydrogen-bond donors (Lipinski definition) is 1. The summed E-state index contributed by atoms with van der Waals surface area (Å²) in [6.45, 7) is 3.82. The number of aryl methyl sites for hydroxylation is 2. The molecular weight excluding hydrogens is 379 g/mol. The highest BCUT2D eigenvalue weighted by Crippen LogP contribution is 2.24. The molecule has 0 saturated heterocycles. The number of benzene rings is 2. The smallest absolute Gasteiger partial charge is 0.142 e. The molecule has 1 N–H and O–H groups in total. The Morgan fingerprint density at radius 3 is 2.60 bits per heavy atom. The molecular formula is C18H15Cl3N4. The van der Waals surface area contributed by atoms with Crippen LogP contribution in [-0.2, 0) is 0 Å². The summed E-state index contributed by atoms with van der Waals surface area (Å²) in [5.74, 6) is 0. The molecule has 1 heterocycles. The van der Waals surface area contributed by atoms with Crippen molar-refractivity contribution >= 4 is 46.7 Å². The van der Waals surface area contributed by atoms with E-state index in [1.807, 2.05) is 44.2 Å². The third-order valence-electron chi connectivity index (χ3n) is 3.66. The first-order chi connectivity index (χ1) is 12.0. The molecule has 0 fully saturated rings. The summed E-state index contributed by atoms with van der Waals surface area (Å²) < 4.78 is 1.63.